The molecule has 100 valence electrons. The zero-order valence-electron chi connectivity index (χ0n) is 10.3. The number of nitrogens with zero attached hydrogens (tertiary/aromatic N) is 4. The third-order valence-corrected chi connectivity index (χ3v) is 4.46. The largest absolute Gasteiger partial charge is 0.481 e. The number of hydrogen-bond donors (Lipinski definition) is 1. The first-order valence-corrected chi connectivity index (χ1v) is 7.18. The summed E-state index contributed by atoms with van der Waals surface area (Å²) >= 11 is 1.78. The normalized spacial score (nSPS) is 18.2. The predicted molar refractivity (Wildman–Crippen MR) is 69.2 cm³/mol. The van der Waals surface area contributed by atoms with Gasteiger partial charge >= 0.3 is 5.97 Å². The van der Waals surface area contributed by atoms with Gasteiger partial charge in [0.05, 0.1) is 13.0 Å². The van der Waals surface area contributed by atoms with Gasteiger partial charge in [-0.05, 0) is 46.7 Å². The lowest BCUT2D eigenvalue weighted by Gasteiger charge is -2.21. The molecule has 3 rings (SSSR count). The zero-order valence-corrected chi connectivity index (χ0v) is 11.1. The third-order valence-electron chi connectivity index (χ3n) is 3.46. The van der Waals surface area contributed by atoms with Gasteiger partial charge in [-0.25, -0.2) is 4.68 Å². The molecule has 0 fully saturated rings. The molecule has 1 unspecified atom stereocenters. The highest BCUT2D eigenvalue weighted by atomic mass is 32.1. The highest BCUT2D eigenvalue weighted by Crippen LogP contribution is 2.38. The van der Waals surface area contributed by atoms with Gasteiger partial charge in [0.15, 0.2) is 5.82 Å². The van der Waals surface area contributed by atoms with Crippen LogP contribution in [0.25, 0.3) is 0 Å². The lowest BCUT2D eigenvalue weighted by Crippen LogP contribution is -2.16. The van der Waals surface area contributed by atoms with Gasteiger partial charge in [-0.2, -0.15) is 0 Å². The molecule has 0 radical (unpaired) electrons. The molecule has 19 heavy (non-hydrogen) atoms. The van der Waals surface area contributed by atoms with Crippen molar-refractivity contribution in [1.82, 2.24) is 20.2 Å². The number of rotatable bonds is 4. The summed E-state index contributed by atoms with van der Waals surface area (Å²) in [6.45, 7) is 0.327. The Hall–Kier alpha value is -1.76. The number of aryl methyl sites for hydroxylation is 2. The summed E-state index contributed by atoms with van der Waals surface area (Å²) in [4.78, 5) is 12.1. The van der Waals surface area contributed by atoms with Crippen molar-refractivity contribution in [1.29, 1.82) is 0 Å². The highest BCUT2D eigenvalue weighted by Gasteiger charge is 2.27. The molecule has 0 aliphatic heterocycles. The van der Waals surface area contributed by atoms with E-state index in [0.29, 0.717) is 6.54 Å². The standard InChI is InChI=1S/C12H14N4O2S/c17-11(18)4-6-16-12(13-14-15-16)9-2-1-3-10-8(9)5-7-19-10/h5,7,9H,1-4,6H2,(H,17,18). The van der Waals surface area contributed by atoms with E-state index < -0.39 is 5.97 Å². The van der Waals surface area contributed by atoms with Crippen LogP contribution >= 0.6 is 11.3 Å². The summed E-state index contributed by atoms with van der Waals surface area (Å²) in [7, 11) is 0. The first-order chi connectivity index (χ1) is 9.25. The fraction of sp³-hybridized carbons (Fsp3) is 0.500. The van der Waals surface area contributed by atoms with Gasteiger partial charge < -0.3 is 5.11 Å². The van der Waals surface area contributed by atoms with E-state index in [1.807, 2.05) is 0 Å². The molecule has 1 N–H and O–H groups in total. The van der Waals surface area contributed by atoms with E-state index in [1.54, 1.807) is 16.0 Å². The monoisotopic (exact) mass is 278 g/mol. The fourth-order valence-corrected chi connectivity index (χ4v) is 3.56. The van der Waals surface area contributed by atoms with Crippen LogP contribution in [0.3, 0.4) is 0 Å². The van der Waals surface area contributed by atoms with Crippen molar-refractivity contribution >= 4 is 17.3 Å². The van der Waals surface area contributed by atoms with Gasteiger partial charge in [-0.1, -0.05) is 0 Å². The molecule has 1 aliphatic rings. The van der Waals surface area contributed by atoms with Crippen LogP contribution in [-0.4, -0.2) is 31.3 Å². The van der Waals surface area contributed by atoms with E-state index >= 15 is 0 Å². The Morgan fingerprint density at radius 3 is 3.32 bits per heavy atom. The lowest BCUT2D eigenvalue weighted by molar-refractivity contribution is -0.137. The number of tetrazole rings is 1. The van der Waals surface area contributed by atoms with E-state index in [0.717, 1.165) is 25.1 Å². The smallest absolute Gasteiger partial charge is 0.305 e. The number of aliphatic carboxylic acids is 1. The topological polar surface area (TPSA) is 80.9 Å². The molecule has 2 heterocycles. The number of aromatic nitrogens is 4. The maximum Gasteiger partial charge on any atom is 0.305 e. The lowest BCUT2D eigenvalue weighted by atomic mass is 9.87. The first-order valence-electron chi connectivity index (χ1n) is 6.30. The molecule has 2 aromatic rings. The number of carbonyl (C=O) groups is 1. The van der Waals surface area contributed by atoms with Crippen molar-refractivity contribution in [3.05, 3.63) is 27.7 Å². The number of hydrogen-bond acceptors (Lipinski definition) is 5. The van der Waals surface area contributed by atoms with Crippen LogP contribution in [0.5, 0.6) is 0 Å². The van der Waals surface area contributed by atoms with E-state index in [2.05, 4.69) is 27.0 Å². The molecule has 0 spiro atoms. The number of fused-ring (bicyclic) bond motifs is 1. The Labute approximate surface area is 114 Å². The van der Waals surface area contributed by atoms with E-state index in [4.69, 9.17) is 5.11 Å². The minimum Gasteiger partial charge on any atom is -0.481 e. The summed E-state index contributed by atoms with van der Waals surface area (Å²) in [5.41, 5.74) is 1.31. The number of carboxylic acid groups (broad SMARTS) is 1. The van der Waals surface area contributed by atoms with Gasteiger partial charge in [0.25, 0.3) is 0 Å². The van der Waals surface area contributed by atoms with Gasteiger partial charge in [0.1, 0.15) is 0 Å². The predicted octanol–water partition coefficient (Wildman–Crippen LogP) is 1.68. The number of carboxylic acids is 1. The molecule has 6 nitrogen and oxygen atoms in total. The molecular formula is C12H14N4O2S. The average molecular weight is 278 g/mol. The van der Waals surface area contributed by atoms with E-state index in [9.17, 15) is 4.79 Å². The van der Waals surface area contributed by atoms with Crippen molar-refractivity contribution in [3.63, 3.8) is 0 Å². The van der Waals surface area contributed by atoms with Crippen molar-refractivity contribution in [3.8, 4) is 0 Å². The first kappa shape index (κ1) is 12.3. The Balaban J connectivity index is 1.88. The van der Waals surface area contributed by atoms with Crippen molar-refractivity contribution in [2.45, 2.75) is 38.1 Å². The number of thiophene rings is 1. The van der Waals surface area contributed by atoms with Crippen LogP contribution in [-0.2, 0) is 17.8 Å². The second-order valence-electron chi connectivity index (χ2n) is 4.65. The maximum absolute atomic E-state index is 10.7. The van der Waals surface area contributed by atoms with Crippen LogP contribution in [0.2, 0.25) is 0 Å². The van der Waals surface area contributed by atoms with Crippen LogP contribution in [0.15, 0.2) is 11.4 Å². The second kappa shape index (κ2) is 5.08. The van der Waals surface area contributed by atoms with Crippen LogP contribution in [0.4, 0.5) is 0 Å². The van der Waals surface area contributed by atoms with Crippen molar-refractivity contribution < 1.29 is 9.90 Å². The Morgan fingerprint density at radius 2 is 2.47 bits per heavy atom. The second-order valence-corrected chi connectivity index (χ2v) is 5.65. The minimum absolute atomic E-state index is 0.0429. The quantitative estimate of drug-likeness (QED) is 0.920. The molecule has 1 aliphatic carbocycles. The molecule has 7 heteroatoms. The summed E-state index contributed by atoms with van der Waals surface area (Å²) in [5.74, 6) is 0.167. The SMILES string of the molecule is O=C(O)CCn1nnnc1C1CCCc2sccc21. The average Bonchev–Trinajstić information content (AvgIpc) is 3.04. The van der Waals surface area contributed by atoms with E-state index in [-0.39, 0.29) is 12.3 Å². The van der Waals surface area contributed by atoms with E-state index in [1.165, 1.54) is 10.4 Å². The molecule has 0 saturated heterocycles. The molecule has 0 saturated carbocycles. The highest BCUT2D eigenvalue weighted by molar-refractivity contribution is 7.10. The summed E-state index contributed by atoms with van der Waals surface area (Å²) in [5, 5.41) is 22.6. The molecule has 0 aromatic carbocycles. The summed E-state index contributed by atoms with van der Waals surface area (Å²) < 4.78 is 1.63. The fourth-order valence-electron chi connectivity index (χ4n) is 2.58. The molecule has 1 atom stereocenters. The molecule has 0 bridgehead atoms. The van der Waals surface area contributed by atoms with Crippen LogP contribution in [0, 0.1) is 0 Å². The molecular weight excluding hydrogens is 264 g/mol. The minimum atomic E-state index is -0.832. The van der Waals surface area contributed by atoms with Gasteiger partial charge in [-0.3, -0.25) is 4.79 Å². The Morgan fingerprint density at radius 1 is 1.58 bits per heavy atom. The van der Waals surface area contributed by atoms with Crippen molar-refractivity contribution in [2.75, 3.05) is 0 Å². The molecule has 0 amide bonds. The van der Waals surface area contributed by atoms with Crippen LogP contribution < -0.4 is 0 Å². The van der Waals surface area contributed by atoms with Gasteiger partial charge in [0.2, 0.25) is 0 Å². The molecule has 2 aromatic heterocycles. The van der Waals surface area contributed by atoms with Gasteiger partial charge in [0, 0.05) is 10.8 Å². The summed E-state index contributed by atoms with van der Waals surface area (Å²) in [6.07, 6.45) is 3.32. The summed E-state index contributed by atoms with van der Waals surface area (Å²) in [6, 6.07) is 2.14. The van der Waals surface area contributed by atoms with Gasteiger partial charge in [-0.15, -0.1) is 16.4 Å². The Kier molecular flexibility index (Phi) is 3.29. The Bertz CT molecular complexity index is 592. The van der Waals surface area contributed by atoms with Crippen LogP contribution in [0.1, 0.15) is 41.4 Å². The maximum atomic E-state index is 10.7. The van der Waals surface area contributed by atoms with Crippen molar-refractivity contribution in [2.24, 2.45) is 0 Å². The third kappa shape index (κ3) is 2.37. The zero-order chi connectivity index (χ0) is 13.2.